The van der Waals surface area contributed by atoms with Gasteiger partial charge in [-0.3, -0.25) is 4.98 Å². The first-order valence-electron chi connectivity index (χ1n) is 6.14. The van der Waals surface area contributed by atoms with Crippen LogP contribution in [0.3, 0.4) is 0 Å². The van der Waals surface area contributed by atoms with Gasteiger partial charge in [0.15, 0.2) is 0 Å². The van der Waals surface area contributed by atoms with E-state index in [4.69, 9.17) is 0 Å². The summed E-state index contributed by atoms with van der Waals surface area (Å²) in [7, 11) is 2.18. The van der Waals surface area contributed by atoms with Crippen LogP contribution in [0.15, 0.2) is 24.4 Å². The van der Waals surface area contributed by atoms with Crippen LogP contribution in [0.1, 0.15) is 18.5 Å². The quantitative estimate of drug-likeness (QED) is 0.832. The molecule has 1 saturated heterocycles. The lowest BCUT2D eigenvalue weighted by Gasteiger charge is -2.27. The molecule has 0 spiro atoms. The molecule has 16 heavy (non-hydrogen) atoms. The topological polar surface area (TPSA) is 28.2 Å². The zero-order chi connectivity index (χ0) is 11.2. The maximum absolute atomic E-state index is 4.35. The van der Waals surface area contributed by atoms with Gasteiger partial charge in [0.25, 0.3) is 0 Å². The fourth-order valence-corrected chi connectivity index (χ4v) is 2.35. The van der Waals surface area contributed by atoms with Crippen molar-refractivity contribution in [2.75, 3.05) is 26.7 Å². The minimum atomic E-state index is 0.808. The van der Waals surface area contributed by atoms with Crippen LogP contribution in [0.2, 0.25) is 0 Å². The van der Waals surface area contributed by atoms with Crippen LogP contribution in [0.25, 0.3) is 0 Å². The Morgan fingerprint density at radius 1 is 1.50 bits per heavy atom. The standard InChI is InChI=1S/C13H21N3/c1-16(10-12-5-4-7-14-9-12)11-13-6-2-3-8-15-13/h2-3,6,8,12,14H,4-5,7,9-11H2,1H3. The van der Waals surface area contributed by atoms with Crippen LogP contribution in [-0.4, -0.2) is 36.6 Å². The predicted molar refractivity (Wildman–Crippen MR) is 66.2 cm³/mol. The summed E-state index contributed by atoms with van der Waals surface area (Å²) in [4.78, 5) is 6.73. The van der Waals surface area contributed by atoms with E-state index in [1.54, 1.807) is 0 Å². The highest BCUT2D eigenvalue weighted by Crippen LogP contribution is 2.12. The molecule has 0 aliphatic carbocycles. The molecular formula is C13H21N3. The molecule has 2 heterocycles. The number of rotatable bonds is 4. The van der Waals surface area contributed by atoms with Crippen molar-refractivity contribution in [2.45, 2.75) is 19.4 Å². The predicted octanol–water partition coefficient (Wildman–Crippen LogP) is 1.51. The maximum Gasteiger partial charge on any atom is 0.0543 e. The highest BCUT2D eigenvalue weighted by Gasteiger charge is 2.14. The van der Waals surface area contributed by atoms with E-state index in [9.17, 15) is 0 Å². The molecule has 0 radical (unpaired) electrons. The smallest absolute Gasteiger partial charge is 0.0543 e. The normalized spacial score (nSPS) is 21.2. The Labute approximate surface area is 97.9 Å². The molecular weight excluding hydrogens is 198 g/mol. The van der Waals surface area contributed by atoms with Crippen LogP contribution in [0, 0.1) is 5.92 Å². The summed E-state index contributed by atoms with van der Waals surface area (Å²) in [6.07, 6.45) is 4.55. The van der Waals surface area contributed by atoms with Crippen LogP contribution < -0.4 is 5.32 Å². The first kappa shape index (κ1) is 11.6. The third-order valence-electron chi connectivity index (χ3n) is 3.13. The van der Waals surface area contributed by atoms with Gasteiger partial charge < -0.3 is 10.2 Å². The third kappa shape index (κ3) is 3.58. The zero-order valence-electron chi connectivity index (χ0n) is 10.0. The summed E-state index contributed by atoms with van der Waals surface area (Å²) in [6, 6.07) is 6.11. The van der Waals surface area contributed by atoms with E-state index < -0.39 is 0 Å². The SMILES string of the molecule is CN(Cc1ccccn1)CC1CCCNC1. The first-order valence-corrected chi connectivity index (χ1v) is 6.14. The molecule has 3 heteroatoms. The Hall–Kier alpha value is -0.930. The van der Waals surface area contributed by atoms with Gasteiger partial charge in [0.1, 0.15) is 0 Å². The van der Waals surface area contributed by atoms with E-state index in [0.717, 1.165) is 18.2 Å². The molecule has 1 atom stereocenters. The average molecular weight is 219 g/mol. The van der Waals surface area contributed by atoms with Crippen molar-refractivity contribution in [1.82, 2.24) is 15.2 Å². The number of piperidine rings is 1. The van der Waals surface area contributed by atoms with Crippen LogP contribution in [0.4, 0.5) is 0 Å². The van der Waals surface area contributed by atoms with Gasteiger partial charge in [0.05, 0.1) is 5.69 Å². The van der Waals surface area contributed by atoms with Crippen LogP contribution in [-0.2, 0) is 6.54 Å². The molecule has 0 saturated carbocycles. The minimum absolute atomic E-state index is 0.808. The molecule has 1 fully saturated rings. The van der Waals surface area contributed by atoms with Gasteiger partial charge in [0.2, 0.25) is 0 Å². The summed E-state index contributed by atoms with van der Waals surface area (Å²) in [6.45, 7) is 4.49. The van der Waals surface area contributed by atoms with E-state index in [-0.39, 0.29) is 0 Å². The van der Waals surface area contributed by atoms with E-state index in [1.165, 1.54) is 32.5 Å². The van der Waals surface area contributed by atoms with Crippen molar-refractivity contribution >= 4 is 0 Å². The minimum Gasteiger partial charge on any atom is -0.316 e. The van der Waals surface area contributed by atoms with E-state index >= 15 is 0 Å². The van der Waals surface area contributed by atoms with Gasteiger partial charge in [-0.2, -0.15) is 0 Å². The number of nitrogens with zero attached hydrogens (tertiary/aromatic N) is 2. The van der Waals surface area contributed by atoms with Crippen molar-refractivity contribution < 1.29 is 0 Å². The summed E-state index contributed by atoms with van der Waals surface area (Å²) in [5.41, 5.74) is 1.16. The Bertz CT molecular complexity index is 293. The Balaban J connectivity index is 1.77. The first-order chi connectivity index (χ1) is 7.84. The lowest BCUT2D eigenvalue weighted by molar-refractivity contribution is 0.235. The van der Waals surface area contributed by atoms with Gasteiger partial charge >= 0.3 is 0 Å². The maximum atomic E-state index is 4.35. The summed E-state index contributed by atoms with van der Waals surface area (Å²) >= 11 is 0. The van der Waals surface area contributed by atoms with Crippen molar-refractivity contribution in [3.05, 3.63) is 30.1 Å². The summed E-state index contributed by atoms with van der Waals surface area (Å²) < 4.78 is 0. The molecule has 1 unspecified atom stereocenters. The molecule has 0 bridgehead atoms. The van der Waals surface area contributed by atoms with Crippen LogP contribution in [0.5, 0.6) is 0 Å². The summed E-state index contributed by atoms with van der Waals surface area (Å²) in [5, 5.41) is 3.46. The molecule has 2 rings (SSSR count). The number of pyridine rings is 1. The van der Waals surface area contributed by atoms with Gasteiger partial charge in [-0.25, -0.2) is 0 Å². The van der Waals surface area contributed by atoms with Gasteiger partial charge in [-0.05, 0) is 51.0 Å². The van der Waals surface area contributed by atoms with Gasteiger partial charge in [0, 0.05) is 19.3 Å². The molecule has 0 amide bonds. The summed E-state index contributed by atoms with van der Waals surface area (Å²) in [5.74, 6) is 0.808. The second kappa shape index (κ2) is 5.97. The highest BCUT2D eigenvalue weighted by atomic mass is 15.1. The molecule has 1 N–H and O–H groups in total. The van der Waals surface area contributed by atoms with Crippen molar-refractivity contribution in [1.29, 1.82) is 0 Å². The fourth-order valence-electron chi connectivity index (χ4n) is 2.35. The molecule has 3 nitrogen and oxygen atoms in total. The Morgan fingerprint density at radius 2 is 2.44 bits per heavy atom. The molecule has 1 aliphatic rings. The number of hydrogen-bond acceptors (Lipinski definition) is 3. The van der Waals surface area contributed by atoms with Crippen molar-refractivity contribution in [2.24, 2.45) is 5.92 Å². The van der Waals surface area contributed by atoms with Crippen LogP contribution >= 0.6 is 0 Å². The zero-order valence-corrected chi connectivity index (χ0v) is 10.0. The second-order valence-electron chi connectivity index (χ2n) is 4.73. The monoisotopic (exact) mass is 219 g/mol. The second-order valence-corrected chi connectivity index (χ2v) is 4.73. The van der Waals surface area contributed by atoms with Gasteiger partial charge in [-0.15, -0.1) is 0 Å². The lowest BCUT2D eigenvalue weighted by Crippen LogP contribution is -2.36. The van der Waals surface area contributed by atoms with E-state index in [1.807, 2.05) is 12.3 Å². The Kier molecular flexibility index (Phi) is 4.31. The third-order valence-corrected chi connectivity index (χ3v) is 3.13. The fraction of sp³-hybridized carbons (Fsp3) is 0.615. The average Bonchev–Trinajstić information content (AvgIpc) is 2.31. The molecule has 88 valence electrons. The molecule has 1 aromatic heterocycles. The van der Waals surface area contributed by atoms with Crippen molar-refractivity contribution in [3.8, 4) is 0 Å². The van der Waals surface area contributed by atoms with Crippen molar-refractivity contribution in [3.63, 3.8) is 0 Å². The highest BCUT2D eigenvalue weighted by molar-refractivity contribution is 5.03. The largest absolute Gasteiger partial charge is 0.316 e. The molecule has 1 aliphatic heterocycles. The number of hydrogen-bond donors (Lipinski definition) is 1. The number of nitrogens with one attached hydrogen (secondary N) is 1. The van der Waals surface area contributed by atoms with E-state index in [0.29, 0.717) is 0 Å². The molecule has 0 aromatic carbocycles. The van der Waals surface area contributed by atoms with E-state index in [2.05, 4.69) is 34.4 Å². The molecule has 1 aromatic rings. The lowest BCUT2D eigenvalue weighted by atomic mass is 9.99. The number of aromatic nitrogens is 1. The Morgan fingerprint density at radius 3 is 3.12 bits per heavy atom. The van der Waals surface area contributed by atoms with Gasteiger partial charge in [-0.1, -0.05) is 6.07 Å².